The highest BCUT2D eigenvalue weighted by Gasteiger charge is 2.38. The molecule has 0 saturated carbocycles. The third-order valence-corrected chi connectivity index (χ3v) is 6.09. The van der Waals surface area contributed by atoms with Crippen molar-refractivity contribution in [2.45, 2.75) is 75.7 Å². The summed E-state index contributed by atoms with van der Waals surface area (Å²) in [5.74, 6) is -2.15. The summed E-state index contributed by atoms with van der Waals surface area (Å²) in [7, 11) is 0. The lowest BCUT2D eigenvalue weighted by Gasteiger charge is -2.29. The number of hydrogen-bond donors (Lipinski definition) is 6. The van der Waals surface area contributed by atoms with E-state index in [1.807, 2.05) is 6.26 Å². The number of rotatable bonds is 14. The van der Waals surface area contributed by atoms with Gasteiger partial charge in [0.05, 0.1) is 6.10 Å². The van der Waals surface area contributed by atoms with Gasteiger partial charge in [-0.1, -0.05) is 0 Å². The molecule has 1 aliphatic heterocycles. The second kappa shape index (κ2) is 14.3. The molecule has 0 aromatic carbocycles. The molecule has 12 heteroatoms. The predicted molar refractivity (Wildman–Crippen MR) is 122 cm³/mol. The molecule has 1 heterocycles. The lowest BCUT2D eigenvalue weighted by molar-refractivity contribution is -0.149. The zero-order chi connectivity index (χ0) is 24.3. The van der Waals surface area contributed by atoms with Gasteiger partial charge in [0.1, 0.15) is 24.2 Å². The smallest absolute Gasteiger partial charge is 0.326 e. The summed E-state index contributed by atoms with van der Waals surface area (Å²) in [6.45, 7) is 2.12. The second-order valence-electron chi connectivity index (χ2n) is 7.98. The molecule has 0 aromatic rings. The van der Waals surface area contributed by atoms with E-state index in [1.165, 1.54) is 23.6 Å². The van der Waals surface area contributed by atoms with Crippen molar-refractivity contribution in [3.05, 3.63) is 0 Å². The second-order valence-corrected chi connectivity index (χ2v) is 8.97. The Bertz CT molecular complexity index is 650. The van der Waals surface area contributed by atoms with Crippen LogP contribution in [0.15, 0.2) is 0 Å². The molecule has 0 aliphatic carbocycles. The predicted octanol–water partition coefficient (Wildman–Crippen LogP) is -1.38. The molecule has 1 rings (SSSR count). The topological polar surface area (TPSA) is 188 Å². The van der Waals surface area contributed by atoms with Gasteiger partial charge in [-0.05, 0) is 64.0 Å². The molecule has 11 nitrogen and oxygen atoms in total. The van der Waals surface area contributed by atoms with Gasteiger partial charge in [-0.25, -0.2) is 4.79 Å². The lowest BCUT2D eigenvalue weighted by Crippen LogP contribution is -2.58. The van der Waals surface area contributed by atoms with E-state index in [4.69, 9.17) is 11.5 Å². The van der Waals surface area contributed by atoms with Gasteiger partial charge in [0, 0.05) is 6.54 Å². The normalized spacial score (nSPS) is 19.7. The summed E-state index contributed by atoms with van der Waals surface area (Å²) in [5, 5.41) is 24.2. The summed E-state index contributed by atoms with van der Waals surface area (Å²) in [6.07, 6.45) is 3.55. The highest BCUT2D eigenvalue weighted by molar-refractivity contribution is 7.98. The van der Waals surface area contributed by atoms with Crippen LogP contribution in [0.2, 0.25) is 0 Å². The first-order valence-electron chi connectivity index (χ1n) is 10.9. The van der Waals surface area contributed by atoms with E-state index < -0.39 is 54.0 Å². The van der Waals surface area contributed by atoms with Crippen LogP contribution < -0.4 is 22.1 Å². The Balaban J connectivity index is 2.96. The third-order valence-electron chi connectivity index (χ3n) is 5.45. The maximum atomic E-state index is 13.1. The highest BCUT2D eigenvalue weighted by atomic mass is 32.2. The van der Waals surface area contributed by atoms with E-state index in [9.17, 15) is 29.4 Å². The first-order valence-corrected chi connectivity index (χ1v) is 12.3. The van der Waals surface area contributed by atoms with Crippen LogP contribution in [0.3, 0.4) is 0 Å². The Hall–Kier alpha value is -1.89. The zero-order valence-corrected chi connectivity index (χ0v) is 19.6. The minimum atomic E-state index is -1.20. The third kappa shape index (κ3) is 8.57. The molecule has 0 spiro atoms. The monoisotopic (exact) mass is 475 g/mol. The Kier molecular flexibility index (Phi) is 12.6. The number of carbonyl (C=O) groups is 4. The molecule has 184 valence electrons. The van der Waals surface area contributed by atoms with Crippen LogP contribution in [0.4, 0.5) is 0 Å². The number of aliphatic hydroxyl groups is 1. The van der Waals surface area contributed by atoms with E-state index in [0.717, 1.165) is 0 Å². The number of aliphatic carboxylic acids is 1. The number of hydrogen-bond acceptors (Lipinski definition) is 8. The number of unbranched alkanes of at least 4 members (excludes halogenated alkanes) is 1. The zero-order valence-electron chi connectivity index (χ0n) is 18.8. The summed E-state index contributed by atoms with van der Waals surface area (Å²) >= 11 is 1.50. The number of nitrogens with zero attached hydrogens (tertiary/aromatic N) is 1. The largest absolute Gasteiger partial charge is 0.480 e. The molecular formula is C20H37N5O6S. The van der Waals surface area contributed by atoms with Crippen LogP contribution in [0.25, 0.3) is 0 Å². The standard InChI is InChI=1S/C20H37N5O6S/c1-12(26)16(22)18(28)23-13(6-3-4-9-21)17(27)24-14(8-11-32-2)19(29)25-10-5-7-15(25)20(30)31/h12-16,26H,3-11,21-22H2,1-2H3,(H,23,28)(H,24,27)(H,30,31). The van der Waals surface area contributed by atoms with Crippen LogP contribution in [0.1, 0.15) is 45.4 Å². The molecule has 3 amide bonds. The number of nitrogens with two attached hydrogens (primary N) is 2. The Morgan fingerprint density at radius 1 is 1.12 bits per heavy atom. The lowest BCUT2D eigenvalue weighted by atomic mass is 10.1. The number of amides is 3. The molecule has 1 fully saturated rings. The Labute approximate surface area is 193 Å². The van der Waals surface area contributed by atoms with Crippen LogP contribution in [-0.2, 0) is 19.2 Å². The van der Waals surface area contributed by atoms with Gasteiger partial charge in [0.15, 0.2) is 0 Å². The van der Waals surface area contributed by atoms with Crippen molar-refractivity contribution in [1.82, 2.24) is 15.5 Å². The molecule has 5 unspecified atom stereocenters. The molecule has 32 heavy (non-hydrogen) atoms. The fraction of sp³-hybridized carbons (Fsp3) is 0.800. The number of likely N-dealkylation sites (tertiary alicyclic amines) is 1. The van der Waals surface area contributed by atoms with Crippen molar-refractivity contribution >= 4 is 35.5 Å². The van der Waals surface area contributed by atoms with Gasteiger partial charge in [0.2, 0.25) is 17.7 Å². The Morgan fingerprint density at radius 2 is 1.78 bits per heavy atom. The number of aliphatic hydroxyl groups excluding tert-OH is 1. The first-order chi connectivity index (χ1) is 15.1. The van der Waals surface area contributed by atoms with E-state index in [1.54, 1.807) is 0 Å². The average molecular weight is 476 g/mol. The fourth-order valence-corrected chi connectivity index (χ4v) is 3.97. The van der Waals surface area contributed by atoms with Crippen molar-refractivity contribution in [3.8, 4) is 0 Å². The number of carboxylic acids is 1. The fourth-order valence-electron chi connectivity index (χ4n) is 3.50. The quantitative estimate of drug-likeness (QED) is 0.165. The molecule has 5 atom stereocenters. The van der Waals surface area contributed by atoms with E-state index in [-0.39, 0.29) is 6.42 Å². The number of carbonyl (C=O) groups excluding carboxylic acids is 3. The molecule has 1 aliphatic rings. The molecule has 8 N–H and O–H groups in total. The van der Waals surface area contributed by atoms with Crippen molar-refractivity contribution in [1.29, 1.82) is 0 Å². The highest BCUT2D eigenvalue weighted by Crippen LogP contribution is 2.20. The molecule has 0 aromatic heterocycles. The minimum Gasteiger partial charge on any atom is -0.480 e. The number of carboxylic acid groups (broad SMARTS) is 1. The molecule has 1 saturated heterocycles. The van der Waals surface area contributed by atoms with Crippen molar-refractivity contribution in [3.63, 3.8) is 0 Å². The van der Waals surface area contributed by atoms with Gasteiger partial charge in [-0.15, -0.1) is 0 Å². The van der Waals surface area contributed by atoms with Crippen LogP contribution in [0, 0.1) is 0 Å². The summed E-state index contributed by atoms with van der Waals surface area (Å²) in [6, 6.07) is -3.97. The number of nitrogens with one attached hydrogen (secondary N) is 2. The van der Waals surface area contributed by atoms with E-state index >= 15 is 0 Å². The van der Waals surface area contributed by atoms with Crippen LogP contribution in [-0.4, -0.2) is 94.2 Å². The average Bonchev–Trinajstić information content (AvgIpc) is 3.24. The summed E-state index contributed by atoms with van der Waals surface area (Å²) in [4.78, 5) is 51.2. The first kappa shape index (κ1) is 28.1. The summed E-state index contributed by atoms with van der Waals surface area (Å²) in [5.41, 5.74) is 11.2. The maximum Gasteiger partial charge on any atom is 0.326 e. The maximum absolute atomic E-state index is 13.1. The molecule has 0 radical (unpaired) electrons. The van der Waals surface area contributed by atoms with Crippen molar-refractivity contribution in [2.75, 3.05) is 25.1 Å². The molecule has 0 bridgehead atoms. The van der Waals surface area contributed by atoms with Crippen LogP contribution in [0.5, 0.6) is 0 Å². The van der Waals surface area contributed by atoms with Gasteiger partial charge >= 0.3 is 5.97 Å². The van der Waals surface area contributed by atoms with Gasteiger partial charge in [-0.2, -0.15) is 11.8 Å². The van der Waals surface area contributed by atoms with Gasteiger partial charge in [-0.3, -0.25) is 14.4 Å². The van der Waals surface area contributed by atoms with Gasteiger partial charge < -0.3 is 37.2 Å². The number of thioether (sulfide) groups is 1. The SMILES string of the molecule is CSCCC(NC(=O)C(CCCCN)NC(=O)C(N)C(C)O)C(=O)N1CCCC1C(=O)O. The van der Waals surface area contributed by atoms with Gasteiger partial charge in [0.25, 0.3) is 0 Å². The van der Waals surface area contributed by atoms with Crippen molar-refractivity contribution < 1.29 is 29.4 Å². The van der Waals surface area contributed by atoms with Crippen LogP contribution >= 0.6 is 11.8 Å². The summed E-state index contributed by atoms with van der Waals surface area (Å²) < 4.78 is 0. The minimum absolute atomic E-state index is 0.284. The van der Waals surface area contributed by atoms with E-state index in [2.05, 4.69) is 10.6 Å². The van der Waals surface area contributed by atoms with E-state index in [0.29, 0.717) is 50.9 Å². The Morgan fingerprint density at radius 3 is 2.34 bits per heavy atom. The molecular weight excluding hydrogens is 438 g/mol. The van der Waals surface area contributed by atoms with Crippen molar-refractivity contribution in [2.24, 2.45) is 11.5 Å².